The van der Waals surface area contributed by atoms with Gasteiger partial charge in [-0.05, 0) is 12.1 Å². The highest BCUT2D eigenvalue weighted by molar-refractivity contribution is 7.99. The van der Waals surface area contributed by atoms with Gasteiger partial charge >= 0.3 is 0 Å². The van der Waals surface area contributed by atoms with Gasteiger partial charge in [-0.25, -0.2) is 4.98 Å². The number of thioether (sulfide) groups is 1. The summed E-state index contributed by atoms with van der Waals surface area (Å²) in [6.45, 7) is 1.96. The molecule has 1 aromatic carbocycles. The van der Waals surface area contributed by atoms with Gasteiger partial charge in [0, 0.05) is 17.4 Å². The van der Waals surface area contributed by atoms with Crippen LogP contribution in [0.3, 0.4) is 0 Å². The SMILES string of the molecule is C[C@@H](Cc1nc2ccccc2s1)SC[C@@H](O)CO. The zero-order valence-electron chi connectivity index (χ0n) is 10.2. The van der Waals surface area contributed by atoms with Gasteiger partial charge in [0.05, 0.1) is 27.9 Å². The number of hydrogen-bond donors (Lipinski definition) is 2. The lowest BCUT2D eigenvalue weighted by Crippen LogP contribution is -2.17. The first-order valence-electron chi connectivity index (χ1n) is 5.94. The molecule has 1 aromatic heterocycles. The molecule has 18 heavy (non-hydrogen) atoms. The molecule has 0 aliphatic carbocycles. The fourth-order valence-electron chi connectivity index (χ4n) is 1.64. The molecule has 3 nitrogen and oxygen atoms in total. The summed E-state index contributed by atoms with van der Waals surface area (Å²) in [7, 11) is 0. The Morgan fingerprint density at radius 1 is 1.39 bits per heavy atom. The molecule has 2 N–H and O–H groups in total. The Hall–Kier alpha value is -0.620. The zero-order valence-corrected chi connectivity index (χ0v) is 11.9. The summed E-state index contributed by atoms with van der Waals surface area (Å²) in [6, 6.07) is 8.15. The van der Waals surface area contributed by atoms with Crippen molar-refractivity contribution in [2.24, 2.45) is 0 Å². The third-order valence-electron chi connectivity index (χ3n) is 2.58. The van der Waals surface area contributed by atoms with Gasteiger partial charge in [0.2, 0.25) is 0 Å². The van der Waals surface area contributed by atoms with Crippen LogP contribution in [0.1, 0.15) is 11.9 Å². The van der Waals surface area contributed by atoms with Crippen LogP contribution in [-0.2, 0) is 6.42 Å². The largest absolute Gasteiger partial charge is 0.394 e. The number of aromatic nitrogens is 1. The second-order valence-corrected chi connectivity index (χ2v) is 6.85. The number of hydrogen-bond acceptors (Lipinski definition) is 5. The van der Waals surface area contributed by atoms with Crippen LogP contribution in [0.15, 0.2) is 24.3 Å². The third kappa shape index (κ3) is 3.68. The van der Waals surface area contributed by atoms with E-state index in [1.54, 1.807) is 23.1 Å². The Morgan fingerprint density at radius 3 is 2.89 bits per heavy atom. The van der Waals surface area contributed by atoms with Crippen LogP contribution in [0.4, 0.5) is 0 Å². The van der Waals surface area contributed by atoms with Gasteiger partial charge in [0.1, 0.15) is 0 Å². The van der Waals surface area contributed by atoms with Crippen LogP contribution in [0, 0.1) is 0 Å². The Kier molecular flexibility index (Phi) is 5.00. The molecular weight excluding hydrogens is 266 g/mol. The molecule has 0 fully saturated rings. The van der Waals surface area contributed by atoms with Crippen LogP contribution in [0.2, 0.25) is 0 Å². The van der Waals surface area contributed by atoms with Gasteiger partial charge in [-0.3, -0.25) is 0 Å². The summed E-state index contributed by atoms with van der Waals surface area (Å²) >= 11 is 3.40. The zero-order chi connectivity index (χ0) is 13.0. The lowest BCUT2D eigenvalue weighted by atomic mass is 10.3. The number of aliphatic hydroxyl groups is 2. The van der Waals surface area contributed by atoms with Gasteiger partial charge in [-0.1, -0.05) is 19.1 Å². The van der Waals surface area contributed by atoms with Gasteiger partial charge in [-0.2, -0.15) is 11.8 Å². The molecule has 0 aliphatic heterocycles. The summed E-state index contributed by atoms with van der Waals surface area (Å²) in [5, 5.41) is 19.6. The predicted octanol–water partition coefficient (Wildman–Crippen LogP) is 2.31. The lowest BCUT2D eigenvalue weighted by Gasteiger charge is -2.11. The van der Waals surface area contributed by atoms with E-state index < -0.39 is 6.10 Å². The molecule has 0 unspecified atom stereocenters. The summed E-state index contributed by atoms with van der Waals surface area (Å²) in [6.07, 6.45) is 0.287. The molecule has 0 saturated heterocycles. The molecule has 5 heteroatoms. The molecule has 0 amide bonds. The van der Waals surface area contributed by atoms with E-state index in [2.05, 4.69) is 18.0 Å². The Labute approximate surface area is 115 Å². The quantitative estimate of drug-likeness (QED) is 0.854. The minimum Gasteiger partial charge on any atom is -0.394 e. The van der Waals surface area contributed by atoms with Gasteiger partial charge in [-0.15, -0.1) is 11.3 Å². The van der Waals surface area contributed by atoms with E-state index in [0.717, 1.165) is 16.9 Å². The monoisotopic (exact) mass is 283 g/mol. The molecule has 0 bridgehead atoms. The maximum atomic E-state index is 9.30. The summed E-state index contributed by atoms with van der Waals surface area (Å²) in [5.74, 6) is 0.572. The normalized spacial score (nSPS) is 14.8. The number of benzene rings is 1. The van der Waals surface area contributed by atoms with Crippen molar-refractivity contribution >= 4 is 33.3 Å². The molecule has 0 radical (unpaired) electrons. The topological polar surface area (TPSA) is 53.4 Å². The Bertz CT molecular complexity index is 467. The fourth-order valence-corrected chi connectivity index (χ4v) is 3.77. The van der Waals surface area contributed by atoms with E-state index in [4.69, 9.17) is 5.11 Å². The first-order chi connectivity index (χ1) is 8.69. The highest BCUT2D eigenvalue weighted by Crippen LogP contribution is 2.25. The average molecular weight is 283 g/mol. The average Bonchev–Trinajstić information content (AvgIpc) is 2.77. The van der Waals surface area contributed by atoms with Crippen LogP contribution < -0.4 is 0 Å². The van der Waals surface area contributed by atoms with E-state index in [-0.39, 0.29) is 6.61 Å². The summed E-state index contributed by atoms with van der Waals surface area (Å²) < 4.78 is 1.22. The lowest BCUT2D eigenvalue weighted by molar-refractivity contribution is 0.113. The molecular formula is C13H17NO2S2. The van der Waals surface area contributed by atoms with Crippen LogP contribution in [0.5, 0.6) is 0 Å². The number of aliphatic hydroxyl groups excluding tert-OH is 2. The van der Waals surface area contributed by atoms with Crippen molar-refractivity contribution in [1.82, 2.24) is 4.98 Å². The molecule has 2 rings (SSSR count). The Morgan fingerprint density at radius 2 is 2.17 bits per heavy atom. The van der Waals surface area contributed by atoms with Gasteiger partial charge in [0.25, 0.3) is 0 Å². The smallest absolute Gasteiger partial charge is 0.0949 e. The number of rotatable bonds is 6. The van der Waals surface area contributed by atoms with E-state index in [1.165, 1.54) is 4.70 Å². The van der Waals surface area contributed by atoms with Gasteiger partial charge < -0.3 is 10.2 Å². The van der Waals surface area contributed by atoms with Crippen molar-refractivity contribution in [3.05, 3.63) is 29.3 Å². The standard InChI is InChI=1S/C13H17NO2S2/c1-9(17-8-10(16)7-15)6-13-14-11-4-2-3-5-12(11)18-13/h2-5,9-10,15-16H,6-8H2,1H3/t9-,10-/m0/s1. The highest BCUT2D eigenvalue weighted by Gasteiger charge is 2.11. The second-order valence-electron chi connectivity index (χ2n) is 4.26. The number of para-hydroxylation sites is 1. The van der Waals surface area contributed by atoms with E-state index in [1.807, 2.05) is 18.2 Å². The van der Waals surface area contributed by atoms with Crippen molar-refractivity contribution in [3.8, 4) is 0 Å². The molecule has 0 aliphatic rings. The van der Waals surface area contributed by atoms with Crippen molar-refractivity contribution in [2.75, 3.05) is 12.4 Å². The maximum Gasteiger partial charge on any atom is 0.0949 e. The molecule has 2 atom stereocenters. The molecule has 1 heterocycles. The summed E-state index contributed by atoms with van der Waals surface area (Å²) in [5.41, 5.74) is 1.06. The van der Waals surface area contributed by atoms with Crippen molar-refractivity contribution in [2.45, 2.75) is 24.7 Å². The first-order valence-corrected chi connectivity index (χ1v) is 7.80. The van der Waals surface area contributed by atoms with Crippen LogP contribution in [-0.4, -0.2) is 38.9 Å². The van der Waals surface area contributed by atoms with Crippen molar-refractivity contribution in [1.29, 1.82) is 0 Å². The minimum absolute atomic E-state index is 0.166. The molecule has 0 saturated carbocycles. The van der Waals surface area contributed by atoms with E-state index >= 15 is 0 Å². The minimum atomic E-state index is -0.618. The van der Waals surface area contributed by atoms with Crippen LogP contribution in [0.25, 0.3) is 10.2 Å². The van der Waals surface area contributed by atoms with E-state index in [9.17, 15) is 5.11 Å². The van der Waals surface area contributed by atoms with Gasteiger partial charge in [0.15, 0.2) is 0 Å². The summed E-state index contributed by atoms with van der Waals surface area (Å²) in [4.78, 5) is 4.59. The van der Waals surface area contributed by atoms with E-state index in [0.29, 0.717) is 11.0 Å². The number of fused-ring (bicyclic) bond motifs is 1. The fraction of sp³-hybridized carbons (Fsp3) is 0.462. The Balaban J connectivity index is 1.92. The van der Waals surface area contributed by atoms with Crippen molar-refractivity contribution in [3.63, 3.8) is 0 Å². The molecule has 0 spiro atoms. The first kappa shape index (κ1) is 13.8. The second kappa shape index (κ2) is 6.52. The number of nitrogens with zero attached hydrogens (tertiary/aromatic N) is 1. The highest BCUT2D eigenvalue weighted by atomic mass is 32.2. The van der Waals surface area contributed by atoms with Crippen LogP contribution >= 0.6 is 23.1 Å². The van der Waals surface area contributed by atoms with Crippen molar-refractivity contribution < 1.29 is 10.2 Å². The third-order valence-corrected chi connectivity index (χ3v) is 4.96. The maximum absolute atomic E-state index is 9.30. The predicted molar refractivity (Wildman–Crippen MR) is 78.3 cm³/mol. The molecule has 2 aromatic rings. The number of thiazole rings is 1. The molecule has 98 valence electrons.